The number of hydrogen-bond donors (Lipinski definition) is 0. The Kier molecular flexibility index (Phi) is 3.69. The molecule has 0 saturated carbocycles. The minimum atomic E-state index is 0.940. The fourth-order valence-electron chi connectivity index (χ4n) is 0.875. The van der Waals surface area contributed by atoms with Crippen LogP contribution in [0.3, 0.4) is 0 Å². The van der Waals surface area contributed by atoms with Gasteiger partial charge in [0.2, 0.25) is 0 Å². The van der Waals surface area contributed by atoms with E-state index in [4.69, 9.17) is 0 Å². The third kappa shape index (κ3) is 3.19. The summed E-state index contributed by atoms with van der Waals surface area (Å²) >= 11 is 0. The Morgan fingerprint density at radius 3 is 2.64 bits per heavy atom. The topological polar surface area (TPSA) is 0 Å². The van der Waals surface area contributed by atoms with Gasteiger partial charge in [0, 0.05) is 0 Å². The van der Waals surface area contributed by atoms with Gasteiger partial charge in [0.15, 0.2) is 0 Å². The smallest absolute Gasteiger partial charge is 0.0811 e. The van der Waals surface area contributed by atoms with E-state index in [0.29, 0.717) is 0 Å². The van der Waals surface area contributed by atoms with E-state index in [2.05, 4.69) is 36.9 Å². The van der Waals surface area contributed by atoms with Crippen LogP contribution in [-0.2, 0) is 0 Å². The number of rotatable bonds is 4. The van der Waals surface area contributed by atoms with Gasteiger partial charge in [-0.05, 0) is 6.42 Å². The van der Waals surface area contributed by atoms with Crippen LogP contribution in [0.2, 0.25) is 6.04 Å². The van der Waals surface area contributed by atoms with E-state index in [1.165, 1.54) is 11.2 Å². The highest BCUT2D eigenvalue weighted by molar-refractivity contribution is 6.53. The largest absolute Gasteiger partial charge is 0.103 e. The maximum atomic E-state index is 3.70. The second-order valence-corrected chi connectivity index (χ2v) is 3.80. The van der Waals surface area contributed by atoms with Crippen molar-refractivity contribution in [2.24, 2.45) is 0 Å². The predicted molar refractivity (Wildman–Crippen MR) is 51.5 cm³/mol. The summed E-state index contributed by atoms with van der Waals surface area (Å²) in [6.07, 6.45) is 3.11. The zero-order valence-electron chi connectivity index (χ0n) is 6.59. The van der Waals surface area contributed by atoms with E-state index in [9.17, 15) is 0 Å². The van der Waals surface area contributed by atoms with E-state index in [1.807, 2.05) is 6.08 Å². The second-order valence-electron chi connectivity index (χ2n) is 2.37. The average Bonchev–Trinajstić information content (AvgIpc) is 2.07. The van der Waals surface area contributed by atoms with Crippen LogP contribution in [0, 0.1) is 0 Å². The highest BCUT2D eigenvalue weighted by Crippen LogP contribution is 1.89. The van der Waals surface area contributed by atoms with Crippen LogP contribution in [0.5, 0.6) is 0 Å². The van der Waals surface area contributed by atoms with Crippen LogP contribution in [0.1, 0.15) is 6.42 Å². The lowest BCUT2D eigenvalue weighted by molar-refractivity contribution is 1.21. The minimum absolute atomic E-state index is 0.940. The zero-order valence-corrected chi connectivity index (χ0v) is 7.59. The van der Waals surface area contributed by atoms with Gasteiger partial charge in [-0.1, -0.05) is 47.6 Å². The molecule has 2 radical (unpaired) electrons. The van der Waals surface area contributed by atoms with Crippen LogP contribution in [-0.4, -0.2) is 9.52 Å². The second kappa shape index (κ2) is 4.91. The van der Waals surface area contributed by atoms with E-state index in [1.54, 1.807) is 0 Å². The Balaban J connectivity index is 2.33. The van der Waals surface area contributed by atoms with Gasteiger partial charge in [0.1, 0.15) is 0 Å². The summed E-state index contributed by atoms with van der Waals surface area (Å²) in [5, 5.41) is 1.45. The Morgan fingerprint density at radius 2 is 2.00 bits per heavy atom. The van der Waals surface area contributed by atoms with Gasteiger partial charge in [0.25, 0.3) is 0 Å². The van der Waals surface area contributed by atoms with Crippen LogP contribution in [0.4, 0.5) is 0 Å². The molecular weight excluding hydrogens is 148 g/mol. The summed E-state index contributed by atoms with van der Waals surface area (Å²) in [7, 11) is 0.940. The summed E-state index contributed by atoms with van der Waals surface area (Å²) in [6.45, 7) is 3.70. The molecule has 56 valence electrons. The molecule has 0 fully saturated rings. The zero-order chi connectivity index (χ0) is 7.94. The molecule has 0 aliphatic heterocycles. The van der Waals surface area contributed by atoms with Gasteiger partial charge in [-0.25, -0.2) is 0 Å². The van der Waals surface area contributed by atoms with Crippen LogP contribution in [0.15, 0.2) is 43.0 Å². The predicted octanol–water partition coefficient (Wildman–Crippen LogP) is 2.01. The molecule has 1 aromatic rings. The molecule has 0 N–H and O–H groups in total. The van der Waals surface area contributed by atoms with Crippen molar-refractivity contribution in [3.8, 4) is 0 Å². The Bertz CT molecular complexity index is 203. The first-order valence-electron chi connectivity index (χ1n) is 3.83. The average molecular weight is 160 g/mol. The lowest BCUT2D eigenvalue weighted by Crippen LogP contribution is -2.11. The third-order valence-electron chi connectivity index (χ3n) is 1.45. The Hall–Kier alpha value is -0.823. The molecule has 1 aromatic carbocycles. The van der Waals surface area contributed by atoms with Gasteiger partial charge in [-0.2, -0.15) is 0 Å². The summed E-state index contributed by atoms with van der Waals surface area (Å²) in [4.78, 5) is 0. The van der Waals surface area contributed by atoms with Crippen molar-refractivity contribution in [3.63, 3.8) is 0 Å². The Morgan fingerprint density at radius 1 is 1.27 bits per heavy atom. The van der Waals surface area contributed by atoms with E-state index >= 15 is 0 Å². The van der Waals surface area contributed by atoms with Crippen molar-refractivity contribution in [3.05, 3.63) is 43.0 Å². The van der Waals surface area contributed by atoms with Crippen molar-refractivity contribution in [2.45, 2.75) is 12.5 Å². The number of benzene rings is 1. The first-order valence-corrected chi connectivity index (χ1v) is 5.04. The van der Waals surface area contributed by atoms with E-state index < -0.39 is 0 Å². The fourth-order valence-corrected chi connectivity index (χ4v) is 1.94. The van der Waals surface area contributed by atoms with Gasteiger partial charge < -0.3 is 0 Å². The number of allylic oxidation sites excluding steroid dienone is 1. The molecule has 11 heavy (non-hydrogen) atoms. The number of hydrogen-bond acceptors (Lipinski definition) is 0. The molecule has 0 atom stereocenters. The third-order valence-corrected chi connectivity index (χ3v) is 2.73. The molecule has 0 aromatic heterocycles. The molecule has 1 rings (SSSR count). The summed E-state index contributed by atoms with van der Waals surface area (Å²) in [5.74, 6) is 0. The molecule has 0 bridgehead atoms. The van der Waals surface area contributed by atoms with Gasteiger partial charge in [-0.15, -0.1) is 6.58 Å². The van der Waals surface area contributed by atoms with Crippen LogP contribution < -0.4 is 5.19 Å². The molecule has 0 heterocycles. The van der Waals surface area contributed by atoms with E-state index in [0.717, 1.165) is 15.9 Å². The lowest BCUT2D eigenvalue weighted by atomic mass is 10.4. The van der Waals surface area contributed by atoms with Crippen molar-refractivity contribution in [1.82, 2.24) is 0 Å². The first kappa shape index (κ1) is 8.28. The highest BCUT2D eigenvalue weighted by Gasteiger charge is 1.90. The van der Waals surface area contributed by atoms with E-state index in [-0.39, 0.29) is 0 Å². The molecule has 0 nitrogen and oxygen atoms in total. The van der Waals surface area contributed by atoms with Gasteiger partial charge in [0.05, 0.1) is 9.52 Å². The minimum Gasteiger partial charge on any atom is -0.103 e. The summed E-state index contributed by atoms with van der Waals surface area (Å²) in [6, 6.07) is 11.9. The van der Waals surface area contributed by atoms with Crippen LogP contribution >= 0.6 is 0 Å². The van der Waals surface area contributed by atoms with Crippen molar-refractivity contribution < 1.29 is 0 Å². The molecule has 0 aliphatic rings. The van der Waals surface area contributed by atoms with Crippen molar-refractivity contribution in [1.29, 1.82) is 0 Å². The lowest BCUT2D eigenvalue weighted by Gasteiger charge is -1.95. The summed E-state index contributed by atoms with van der Waals surface area (Å²) < 4.78 is 0. The molecule has 0 spiro atoms. The molecule has 0 saturated heterocycles. The first-order chi connectivity index (χ1) is 5.43. The Labute approximate surface area is 70.8 Å². The molecule has 1 heteroatoms. The normalized spacial score (nSPS) is 9.45. The highest BCUT2D eigenvalue weighted by atomic mass is 28.2. The molecule has 0 amide bonds. The SMILES string of the molecule is C=CCC[Si]c1ccccc1. The summed E-state index contributed by atoms with van der Waals surface area (Å²) in [5.41, 5.74) is 0. The van der Waals surface area contributed by atoms with Crippen molar-refractivity contribution in [2.75, 3.05) is 0 Å². The van der Waals surface area contributed by atoms with Crippen molar-refractivity contribution >= 4 is 14.7 Å². The quantitative estimate of drug-likeness (QED) is 0.359. The molecule has 0 unspecified atom stereocenters. The standard InChI is InChI=1S/C10H12Si/c1-2-3-9-11-10-7-5-4-6-8-10/h2,4-8H,1,3,9H2. The maximum Gasteiger partial charge on any atom is 0.0811 e. The maximum absolute atomic E-state index is 3.70. The fraction of sp³-hybridized carbons (Fsp3) is 0.200. The van der Waals surface area contributed by atoms with Gasteiger partial charge in [-0.3, -0.25) is 0 Å². The monoisotopic (exact) mass is 160 g/mol. The molecular formula is C10H12Si. The molecule has 0 aliphatic carbocycles. The van der Waals surface area contributed by atoms with Gasteiger partial charge >= 0.3 is 0 Å². The van der Waals surface area contributed by atoms with Crippen LogP contribution in [0.25, 0.3) is 0 Å².